The molecule has 0 amide bonds. The maximum Gasteiger partial charge on any atom is 0.336 e. The SMILES string of the molecule is O=C(O)c1ccccc1-c1ccc([C@H]2[C@@H](c3ccccn3)NC(=S)N2C2CCCCC2)o1. The highest BCUT2D eigenvalue weighted by molar-refractivity contribution is 7.80. The van der Waals surface area contributed by atoms with Gasteiger partial charge in [0, 0.05) is 17.8 Å². The first-order valence-corrected chi connectivity index (χ1v) is 11.5. The summed E-state index contributed by atoms with van der Waals surface area (Å²) in [6, 6.07) is 16.7. The van der Waals surface area contributed by atoms with Gasteiger partial charge in [0.2, 0.25) is 0 Å². The van der Waals surface area contributed by atoms with Crippen LogP contribution >= 0.6 is 12.2 Å². The Morgan fingerprint density at radius 2 is 1.84 bits per heavy atom. The Hall–Kier alpha value is -3.19. The van der Waals surface area contributed by atoms with Crippen molar-refractivity contribution in [2.45, 2.75) is 50.2 Å². The summed E-state index contributed by atoms with van der Waals surface area (Å²) in [5.41, 5.74) is 1.69. The summed E-state index contributed by atoms with van der Waals surface area (Å²) < 4.78 is 6.33. The maximum absolute atomic E-state index is 11.7. The fourth-order valence-corrected chi connectivity index (χ4v) is 5.35. The van der Waals surface area contributed by atoms with Gasteiger partial charge in [-0.15, -0.1) is 0 Å². The predicted octanol–water partition coefficient (Wildman–Crippen LogP) is 5.35. The average molecular weight is 448 g/mol. The molecule has 5 rings (SSSR count). The zero-order valence-corrected chi connectivity index (χ0v) is 18.4. The van der Waals surface area contributed by atoms with Crippen molar-refractivity contribution in [1.82, 2.24) is 15.2 Å². The summed E-state index contributed by atoms with van der Waals surface area (Å²) in [5, 5.41) is 13.8. The van der Waals surface area contributed by atoms with Crippen LogP contribution in [0.3, 0.4) is 0 Å². The summed E-state index contributed by atoms with van der Waals surface area (Å²) in [6.45, 7) is 0. The second-order valence-electron chi connectivity index (χ2n) is 8.38. The van der Waals surface area contributed by atoms with Crippen LogP contribution in [0.2, 0.25) is 0 Å². The van der Waals surface area contributed by atoms with Crippen molar-refractivity contribution in [3.05, 3.63) is 77.8 Å². The lowest BCUT2D eigenvalue weighted by Crippen LogP contribution is -2.40. The van der Waals surface area contributed by atoms with Crippen molar-refractivity contribution in [1.29, 1.82) is 0 Å². The van der Waals surface area contributed by atoms with Crippen LogP contribution in [0.1, 0.15) is 66.0 Å². The van der Waals surface area contributed by atoms with Gasteiger partial charge in [-0.25, -0.2) is 4.79 Å². The van der Waals surface area contributed by atoms with Gasteiger partial charge in [0.25, 0.3) is 0 Å². The Morgan fingerprint density at radius 1 is 1.06 bits per heavy atom. The largest absolute Gasteiger partial charge is 0.478 e. The number of furan rings is 1. The van der Waals surface area contributed by atoms with Gasteiger partial charge < -0.3 is 19.7 Å². The normalized spacial score (nSPS) is 21.5. The number of pyridine rings is 1. The van der Waals surface area contributed by atoms with Crippen molar-refractivity contribution in [3.63, 3.8) is 0 Å². The van der Waals surface area contributed by atoms with Crippen LogP contribution in [0.25, 0.3) is 11.3 Å². The number of carbonyl (C=O) groups is 1. The fraction of sp³-hybridized carbons (Fsp3) is 0.320. The van der Waals surface area contributed by atoms with Gasteiger partial charge in [0.05, 0.1) is 17.3 Å². The lowest BCUT2D eigenvalue weighted by atomic mass is 9.92. The molecule has 7 heteroatoms. The van der Waals surface area contributed by atoms with Crippen molar-refractivity contribution >= 4 is 23.3 Å². The number of aromatic carboxylic acids is 1. The smallest absolute Gasteiger partial charge is 0.336 e. The molecule has 32 heavy (non-hydrogen) atoms. The number of thiocarbonyl (C=S) groups is 1. The summed E-state index contributed by atoms with van der Waals surface area (Å²) in [7, 11) is 0. The second-order valence-corrected chi connectivity index (χ2v) is 8.77. The van der Waals surface area contributed by atoms with Gasteiger partial charge >= 0.3 is 5.97 Å². The number of carboxylic acid groups (broad SMARTS) is 1. The van der Waals surface area contributed by atoms with E-state index in [0.29, 0.717) is 17.4 Å². The van der Waals surface area contributed by atoms with Crippen molar-refractivity contribution in [2.24, 2.45) is 0 Å². The molecule has 1 saturated carbocycles. The van der Waals surface area contributed by atoms with E-state index in [9.17, 15) is 9.90 Å². The minimum atomic E-state index is -0.975. The first-order chi connectivity index (χ1) is 15.6. The lowest BCUT2D eigenvalue weighted by Gasteiger charge is -2.36. The molecule has 0 bridgehead atoms. The number of benzene rings is 1. The Kier molecular flexibility index (Phi) is 5.66. The molecule has 0 radical (unpaired) electrons. The molecule has 1 aromatic carbocycles. The highest BCUT2D eigenvalue weighted by atomic mass is 32.1. The van der Waals surface area contributed by atoms with Crippen LogP contribution < -0.4 is 5.32 Å². The number of hydrogen-bond acceptors (Lipinski definition) is 4. The van der Waals surface area contributed by atoms with Crippen LogP contribution in [0.5, 0.6) is 0 Å². The standard InChI is InChI=1S/C25H25N3O3S/c29-24(30)18-11-5-4-10-17(18)20-13-14-21(31-20)23-22(19-12-6-7-15-26-19)27-25(32)28(23)16-8-2-1-3-9-16/h4-7,10-16,22-23H,1-3,8-9H2,(H,27,32)(H,29,30)/t22-,23+/m1/s1. The van der Waals surface area contributed by atoms with Crippen LogP contribution in [0.4, 0.5) is 0 Å². The molecule has 1 aliphatic heterocycles. The van der Waals surface area contributed by atoms with Gasteiger partial charge in [-0.1, -0.05) is 43.5 Å². The van der Waals surface area contributed by atoms with Crippen LogP contribution in [-0.4, -0.2) is 32.1 Å². The number of nitrogens with zero attached hydrogens (tertiary/aromatic N) is 2. The molecule has 3 aromatic rings. The minimum absolute atomic E-state index is 0.139. The summed E-state index contributed by atoms with van der Waals surface area (Å²) in [5.74, 6) is 0.324. The zero-order chi connectivity index (χ0) is 22.1. The topological polar surface area (TPSA) is 78.6 Å². The lowest BCUT2D eigenvalue weighted by molar-refractivity contribution is 0.0697. The Morgan fingerprint density at radius 3 is 2.59 bits per heavy atom. The van der Waals surface area contributed by atoms with E-state index in [2.05, 4.69) is 15.2 Å². The molecule has 2 aromatic heterocycles. The minimum Gasteiger partial charge on any atom is -0.478 e. The quantitative estimate of drug-likeness (QED) is 0.511. The van der Waals surface area contributed by atoms with E-state index >= 15 is 0 Å². The third-order valence-corrected chi connectivity index (χ3v) is 6.77. The molecule has 3 heterocycles. The molecule has 2 atom stereocenters. The van der Waals surface area contributed by atoms with E-state index < -0.39 is 5.97 Å². The van der Waals surface area contributed by atoms with Crippen LogP contribution in [0.15, 0.2) is 65.2 Å². The summed E-state index contributed by atoms with van der Waals surface area (Å²) in [6.07, 6.45) is 7.64. The first kappa shape index (κ1) is 20.7. The molecule has 164 valence electrons. The Balaban J connectivity index is 1.56. The van der Waals surface area contributed by atoms with E-state index in [1.807, 2.05) is 36.4 Å². The second kappa shape index (κ2) is 8.74. The molecule has 0 spiro atoms. The molecule has 2 aliphatic rings. The number of hydrogen-bond donors (Lipinski definition) is 2. The highest BCUT2D eigenvalue weighted by Crippen LogP contribution is 2.43. The molecule has 2 fully saturated rings. The third kappa shape index (κ3) is 3.77. The Labute approximate surface area is 192 Å². The van der Waals surface area contributed by atoms with E-state index in [-0.39, 0.29) is 17.6 Å². The Bertz CT molecular complexity index is 1120. The molecular weight excluding hydrogens is 422 g/mol. The number of carboxylic acids is 1. The van der Waals surface area contributed by atoms with Crippen LogP contribution in [-0.2, 0) is 0 Å². The van der Waals surface area contributed by atoms with Gasteiger partial charge in [0.1, 0.15) is 17.6 Å². The maximum atomic E-state index is 11.7. The monoisotopic (exact) mass is 447 g/mol. The van der Waals surface area contributed by atoms with E-state index in [4.69, 9.17) is 16.6 Å². The van der Waals surface area contributed by atoms with Gasteiger partial charge in [-0.2, -0.15) is 0 Å². The van der Waals surface area contributed by atoms with E-state index in [1.54, 1.807) is 24.4 Å². The third-order valence-electron chi connectivity index (χ3n) is 6.44. The van der Waals surface area contributed by atoms with Gasteiger partial charge in [0.15, 0.2) is 5.11 Å². The number of nitrogens with one attached hydrogen (secondary N) is 1. The summed E-state index contributed by atoms with van der Waals surface area (Å²) >= 11 is 5.80. The van der Waals surface area contributed by atoms with Crippen molar-refractivity contribution in [3.8, 4) is 11.3 Å². The number of aromatic nitrogens is 1. The van der Waals surface area contributed by atoms with Crippen molar-refractivity contribution < 1.29 is 14.3 Å². The molecule has 1 aliphatic carbocycles. The van der Waals surface area contributed by atoms with E-state index in [0.717, 1.165) is 29.4 Å². The molecular formula is C25H25N3O3S. The first-order valence-electron chi connectivity index (χ1n) is 11.1. The number of rotatable bonds is 5. The molecule has 2 N–H and O–H groups in total. The zero-order valence-electron chi connectivity index (χ0n) is 17.6. The van der Waals surface area contributed by atoms with Crippen LogP contribution in [0, 0.1) is 0 Å². The molecule has 0 unspecified atom stereocenters. The van der Waals surface area contributed by atoms with Gasteiger partial charge in [-0.3, -0.25) is 4.98 Å². The summed E-state index contributed by atoms with van der Waals surface area (Å²) in [4.78, 5) is 18.6. The van der Waals surface area contributed by atoms with E-state index in [1.165, 1.54) is 19.3 Å². The van der Waals surface area contributed by atoms with Gasteiger partial charge in [-0.05, 0) is 55.4 Å². The predicted molar refractivity (Wildman–Crippen MR) is 125 cm³/mol. The van der Waals surface area contributed by atoms with Crippen molar-refractivity contribution in [2.75, 3.05) is 0 Å². The molecule has 6 nitrogen and oxygen atoms in total. The highest BCUT2D eigenvalue weighted by Gasteiger charge is 2.44. The molecule has 1 saturated heterocycles. The fourth-order valence-electron chi connectivity index (χ4n) is 4.96. The average Bonchev–Trinajstić information content (AvgIpc) is 3.44.